The molecule has 0 saturated carbocycles. The summed E-state index contributed by atoms with van der Waals surface area (Å²) in [5.41, 5.74) is 6.28. The summed E-state index contributed by atoms with van der Waals surface area (Å²) in [7, 11) is 2.93. The minimum atomic E-state index is -0.528. The minimum Gasteiger partial charge on any atom is -0.369 e. The summed E-state index contributed by atoms with van der Waals surface area (Å²) in [5.74, 6) is -0.196. The second-order valence-corrected chi connectivity index (χ2v) is 6.84. The molecule has 0 radical (unpaired) electrons. The predicted molar refractivity (Wildman–Crippen MR) is 100 cm³/mol. The summed E-state index contributed by atoms with van der Waals surface area (Å²) in [4.78, 5) is 44.9. The van der Waals surface area contributed by atoms with Crippen LogP contribution in [0.15, 0.2) is 38.9 Å². The molecule has 26 heavy (non-hydrogen) atoms. The SMILES string of the molecule is Cc1ccc(-c2nc(SCC(N)=O)c3c(=O)n(C)c(=O)n(C)c3n2)cc1. The van der Waals surface area contributed by atoms with Crippen molar-refractivity contribution in [2.75, 3.05) is 5.75 Å². The Kier molecular flexibility index (Phi) is 4.64. The van der Waals surface area contributed by atoms with Crippen molar-refractivity contribution in [1.82, 2.24) is 19.1 Å². The van der Waals surface area contributed by atoms with Crippen LogP contribution in [0.25, 0.3) is 22.4 Å². The number of fused-ring (bicyclic) bond motifs is 1. The third kappa shape index (κ3) is 3.13. The van der Waals surface area contributed by atoms with Crippen LogP contribution >= 0.6 is 11.8 Å². The van der Waals surface area contributed by atoms with E-state index >= 15 is 0 Å². The van der Waals surface area contributed by atoms with E-state index < -0.39 is 17.2 Å². The Bertz CT molecular complexity index is 1130. The molecule has 0 bridgehead atoms. The maximum atomic E-state index is 12.6. The van der Waals surface area contributed by atoms with Gasteiger partial charge in [0.05, 0.1) is 5.75 Å². The van der Waals surface area contributed by atoms with Gasteiger partial charge in [-0.25, -0.2) is 14.8 Å². The van der Waals surface area contributed by atoms with Gasteiger partial charge in [-0.15, -0.1) is 0 Å². The van der Waals surface area contributed by atoms with Gasteiger partial charge < -0.3 is 5.73 Å². The Morgan fingerprint density at radius 1 is 1.12 bits per heavy atom. The summed E-state index contributed by atoms with van der Waals surface area (Å²) < 4.78 is 2.29. The number of nitrogens with zero attached hydrogens (tertiary/aromatic N) is 4. The lowest BCUT2D eigenvalue weighted by molar-refractivity contribution is -0.115. The van der Waals surface area contributed by atoms with Crippen LogP contribution in [0.4, 0.5) is 0 Å². The number of rotatable bonds is 4. The van der Waals surface area contributed by atoms with Gasteiger partial charge in [0.2, 0.25) is 5.91 Å². The van der Waals surface area contributed by atoms with E-state index in [1.807, 2.05) is 31.2 Å². The number of nitrogens with two attached hydrogens (primary N) is 1. The molecule has 0 aliphatic heterocycles. The second-order valence-electron chi connectivity index (χ2n) is 5.88. The van der Waals surface area contributed by atoms with Gasteiger partial charge in [0.25, 0.3) is 5.56 Å². The smallest absolute Gasteiger partial charge is 0.332 e. The van der Waals surface area contributed by atoms with Crippen molar-refractivity contribution in [1.29, 1.82) is 0 Å². The first-order valence-corrected chi connectivity index (χ1v) is 8.74. The van der Waals surface area contributed by atoms with Crippen LogP contribution in [-0.4, -0.2) is 30.8 Å². The third-order valence-corrected chi connectivity index (χ3v) is 4.93. The van der Waals surface area contributed by atoms with Crippen LogP contribution in [0.2, 0.25) is 0 Å². The molecule has 0 unspecified atom stereocenters. The number of aromatic nitrogens is 4. The molecule has 1 amide bonds. The van der Waals surface area contributed by atoms with Crippen molar-refractivity contribution in [3.8, 4) is 11.4 Å². The molecule has 2 aromatic heterocycles. The second kappa shape index (κ2) is 6.75. The van der Waals surface area contributed by atoms with Gasteiger partial charge in [0.1, 0.15) is 10.4 Å². The number of carbonyl (C=O) groups excluding carboxylic acids is 1. The molecule has 134 valence electrons. The van der Waals surface area contributed by atoms with Gasteiger partial charge in [-0.1, -0.05) is 41.6 Å². The maximum Gasteiger partial charge on any atom is 0.332 e. The first-order chi connectivity index (χ1) is 12.3. The summed E-state index contributed by atoms with van der Waals surface area (Å²) >= 11 is 1.05. The van der Waals surface area contributed by atoms with Gasteiger partial charge in [0, 0.05) is 19.7 Å². The standard InChI is InChI=1S/C17H17N5O3S/c1-9-4-6-10(7-5-9)13-19-14-12(15(20-13)26-8-11(18)23)16(24)22(3)17(25)21(14)2/h4-7H,8H2,1-3H3,(H2,18,23). The predicted octanol–water partition coefficient (Wildman–Crippen LogP) is 0.580. The molecule has 0 fully saturated rings. The molecule has 1 aromatic carbocycles. The Morgan fingerprint density at radius 2 is 1.77 bits per heavy atom. The van der Waals surface area contributed by atoms with E-state index in [2.05, 4.69) is 9.97 Å². The van der Waals surface area contributed by atoms with E-state index in [1.54, 1.807) is 7.05 Å². The van der Waals surface area contributed by atoms with Gasteiger partial charge >= 0.3 is 5.69 Å². The molecule has 0 aliphatic carbocycles. The molecule has 0 spiro atoms. The molecule has 3 aromatic rings. The van der Waals surface area contributed by atoms with Gasteiger partial charge in [-0.2, -0.15) is 0 Å². The topological polar surface area (TPSA) is 113 Å². The van der Waals surface area contributed by atoms with Crippen LogP contribution in [0.3, 0.4) is 0 Å². The summed E-state index contributed by atoms with van der Waals surface area (Å²) in [6.07, 6.45) is 0. The number of benzene rings is 1. The van der Waals surface area contributed by atoms with E-state index in [1.165, 1.54) is 11.6 Å². The Morgan fingerprint density at radius 3 is 2.38 bits per heavy atom. The molecule has 3 rings (SSSR count). The van der Waals surface area contributed by atoms with E-state index in [0.717, 1.165) is 27.5 Å². The summed E-state index contributed by atoms with van der Waals surface area (Å²) in [6.45, 7) is 1.96. The average molecular weight is 371 g/mol. The van der Waals surface area contributed by atoms with Crippen LogP contribution in [0.5, 0.6) is 0 Å². The molecule has 0 atom stereocenters. The molecule has 8 nitrogen and oxygen atoms in total. The zero-order chi connectivity index (χ0) is 19.0. The zero-order valence-corrected chi connectivity index (χ0v) is 15.3. The molecule has 2 heterocycles. The largest absolute Gasteiger partial charge is 0.369 e. The first kappa shape index (κ1) is 17.9. The fourth-order valence-electron chi connectivity index (χ4n) is 2.50. The minimum absolute atomic E-state index is 0.0363. The Balaban J connectivity index is 2.35. The third-order valence-electron chi connectivity index (χ3n) is 3.93. The molecule has 0 aliphatic rings. The number of hydrogen-bond donors (Lipinski definition) is 1. The number of amides is 1. The van der Waals surface area contributed by atoms with Crippen LogP contribution < -0.4 is 17.0 Å². The Hall–Kier alpha value is -2.94. The van der Waals surface area contributed by atoms with Crippen molar-refractivity contribution in [2.45, 2.75) is 11.9 Å². The van der Waals surface area contributed by atoms with Crippen molar-refractivity contribution in [2.24, 2.45) is 19.8 Å². The van der Waals surface area contributed by atoms with Gasteiger partial charge in [-0.3, -0.25) is 18.7 Å². The van der Waals surface area contributed by atoms with E-state index in [9.17, 15) is 14.4 Å². The number of thioether (sulfide) groups is 1. The quantitative estimate of drug-likeness (QED) is 0.530. The van der Waals surface area contributed by atoms with E-state index in [-0.39, 0.29) is 16.8 Å². The van der Waals surface area contributed by atoms with Crippen molar-refractivity contribution in [3.63, 3.8) is 0 Å². The molecular formula is C17H17N5O3S. The molecular weight excluding hydrogens is 354 g/mol. The van der Waals surface area contributed by atoms with Gasteiger partial charge in [0.15, 0.2) is 11.5 Å². The normalized spacial score (nSPS) is 11.0. The highest BCUT2D eigenvalue weighted by molar-refractivity contribution is 8.00. The lowest BCUT2D eigenvalue weighted by Gasteiger charge is -2.11. The fraction of sp³-hybridized carbons (Fsp3) is 0.235. The molecule has 0 saturated heterocycles. The number of carbonyl (C=O) groups is 1. The Labute approximate surface area is 152 Å². The highest BCUT2D eigenvalue weighted by Crippen LogP contribution is 2.26. The number of aryl methyl sites for hydroxylation is 2. The number of hydrogen-bond acceptors (Lipinski definition) is 6. The van der Waals surface area contributed by atoms with Crippen molar-refractivity contribution < 1.29 is 4.79 Å². The summed E-state index contributed by atoms with van der Waals surface area (Å²) in [6, 6.07) is 7.56. The molecule has 2 N–H and O–H groups in total. The van der Waals surface area contributed by atoms with Crippen LogP contribution in [0.1, 0.15) is 5.56 Å². The van der Waals surface area contributed by atoms with Gasteiger partial charge in [-0.05, 0) is 6.92 Å². The van der Waals surface area contributed by atoms with Crippen molar-refractivity contribution in [3.05, 3.63) is 50.7 Å². The maximum absolute atomic E-state index is 12.6. The van der Waals surface area contributed by atoms with Crippen LogP contribution in [0, 0.1) is 6.92 Å². The number of primary amides is 1. The highest BCUT2D eigenvalue weighted by atomic mass is 32.2. The first-order valence-electron chi connectivity index (χ1n) is 7.75. The van der Waals surface area contributed by atoms with E-state index in [0.29, 0.717) is 10.9 Å². The zero-order valence-electron chi connectivity index (χ0n) is 14.5. The molecule has 9 heteroatoms. The average Bonchev–Trinajstić information content (AvgIpc) is 2.62. The van der Waals surface area contributed by atoms with E-state index in [4.69, 9.17) is 5.73 Å². The lowest BCUT2D eigenvalue weighted by atomic mass is 10.1. The van der Waals surface area contributed by atoms with Crippen LogP contribution in [-0.2, 0) is 18.9 Å². The monoisotopic (exact) mass is 371 g/mol. The fourth-order valence-corrected chi connectivity index (χ4v) is 3.26. The highest BCUT2D eigenvalue weighted by Gasteiger charge is 2.18. The van der Waals surface area contributed by atoms with Crippen molar-refractivity contribution >= 4 is 28.7 Å². The lowest BCUT2D eigenvalue weighted by Crippen LogP contribution is -2.37. The summed E-state index contributed by atoms with van der Waals surface area (Å²) in [5, 5.41) is 0.511.